The number of nitrogens with one attached hydrogen (secondary N) is 1. The minimum atomic E-state index is 0. The molecular formula is C18H24IN3O4. The van der Waals surface area contributed by atoms with E-state index in [1.54, 1.807) is 40.6 Å². The number of aliphatic imine (C=N–C) groups is 1. The average molecular weight is 473 g/mol. The van der Waals surface area contributed by atoms with Gasteiger partial charge in [0.05, 0.1) is 40.5 Å². The SMILES string of the molecule is COc1ccc(NC(N)=NCc2c(OC)cc(OC)cc2OC)cc1.I. The van der Waals surface area contributed by atoms with Crippen molar-refractivity contribution in [1.82, 2.24) is 0 Å². The summed E-state index contributed by atoms with van der Waals surface area (Å²) in [7, 11) is 6.37. The van der Waals surface area contributed by atoms with Crippen LogP contribution in [-0.4, -0.2) is 34.4 Å². The van der Waals surface area contributed by atoms with E-state index >= 15 is 0 Å². The molecule has 0 atom stereocenters. The number of benzene rings is 2. The van der Waals surface area contributed by atoms with Crippen LogP contribution in [0, 0.1) is 0 Å². The third kappa shape index (κ3) is 5.58. The Hall–Kier alpha value is -2.36. The Kier molecular flexibility index (Phi) is 8.83. The predicted octanol–water partition coefficient (Wildman–Crippen LogP) is 3.27. The van der Waals surface area contributed by atoms with Gasteiger partial charge in [0.15, 0.2) is 5.96 Å². The highest BCUT2D eigenvalue weighted by Gasteiger charge is 2.13. The van der Waals surface area contributed by atoms with Crippen molar-refractivity contribution in [2.75, 3.05) is 33.8 Å². The maximum atomic E-state index is 5.96. The Labute approximate surface area is 170 Å². The summed E-state index contributed by atoms with van der Waals surface area (Å²) in [6.45, 7) is 0.297. The van der Waals surface area contributed by atoms with Crippen molar-refractivity contribution < 1.29 is 18.9 Å². The van der Waals surface area contributed by atoms with Crippen LogP contribution in [0.4, 0.5) is 5.69 Å². The maximum absolute atomic E-state index is 5.96. The summed E-state index contributed by atoms with van der Waals surface area (Å²) >= 11 is 0. The summed E-state index contributed by atoms with van der Waals surface area (Å²) in [6.07, 6.45) is 0. The molecule has 7 nitrogen and oxygen atoms in total. The summed E-state index contributed by atoms with van der Waals surface area (Å²) in [5, 5.41) is 3.03. The van der Waals surface area contributed by atoms with Gasteiger partial charge in [0, 0.05) is 17.8 Å². The third-order valence-electron chi connectivity index (χ3n) is 3.59. The molecule has 0 saturated heterocycles. The van der Waals surface area contributed by atoms with E-state index in [0.29, 0.717) is 23.8 Å². The van der Waals surface area contributed by atoms with Crippen molar-refractivity contribution in [1.29, 1.82) is 0 Å². The maximum Gasteiger partial charge on any atom is 0.193 e. The molecule has 0 fully saturated rings. The minimum Gasteiger partial charge on any atom is -0.497 e. The largest absolute Gasteiger partial charge is 0.497 e. The van der Waals surface area contributed by atoms with Gasteiger partial charge in [-0.25, -0.2) is 4.99 Å². The van der Waals surface area contributed by atoms with Crippen LogP contribution in [0.3, 0.4) is 0 Å². The highest BCUT2D eigenvalue weighted by Crippen LogP contribution is 2.34. The standard InChI is InChI=1S/C18H23N3O4.HI/c1-22-13-7-5-12(6-8-13)21-18(19)20-11-15-16(24-3)9-14(23-2)10-17(15)25-4;/h5-10H,11H2,1-4H3,(H3,19,20,21);1H. The van der Waals surface area contributed by atoms with Gasteiger partial charge in [0.25, 0.3) is 0 Å². The molecule has 2 aromatic rings. The quantitative estimate of drug-likeness (QED) is 0.365. The second-order valence-electron chi connectivity index (χ2n) is 5.07. The Morgan fingerprint density at radius 3 is 1.88 bits per heavy atom. The number of rotatable bonds is 7. The van der Waals surface area contributed by atoms with Crippen LogP contribution in [0.5, 0.6) is 23.0 Å². The lowest BCUT2D eigenvalue weighted by Gasteiger charge is -2.14. The molecule has 0 aliphatic heterocycles. The number of nitrogens with two attached hydrogens (primary N) is 1. The van der Waals surface area contributed by atoms with Crippen LogP contribution in [0.2, 0.25) is 0 Å². The average Bonchev–Trinajstić information content (AvgIpc) is 2.66. The lowest BCUT2D eigenvalue weighted by atomic mass is 10.1. The van der Waals surface area contributed by atoms with Crippen LogP contribution in [0.1, 0.15) is 5.56 Å². The lowest BCUT2D eigenvalue weighted by Crippen LogP contribution is -2.22. The van der Waals surface area contributed by atoms with Crippen LogP contribution in [0.15, 0.2) is 41.4 Å². The molecule has 0 heterocycles. The highest BCUT2D eigenvalue weighted by molar-refractivity contribution is 14.0. The molecule has 2 rings (SSSR count). The summed E-state index contributed by atoms with van der Waals surface area (Å²) in [4.78, 5) is 4.36. The fraction of sp³-hybridized carbons (Fsp3) is 0.278. The third-order valence-corrected chi connectivity index (χ3v) is 3.59. The van der Waals surface area contributed by atoms with Gasteiger partial charge in [-0.1, -0.05) is 0 Å². The molecule has 8 heteroatoms. The summed E-state index contributed by atoms with van der Waals surface area (Å²) < 4.78 is 21.2. The Balaban J connectivity index is 0.00000338. The van der Waals surface area contributed by atoms with Crippen LogP contribution in [-0.2, 0) is 6.54 Å². The van der Waals surface area contributed by atoms with E-state index in [-0.39, 0.29) is 29.9 Å². The summed E-state index contributed by atoms with van der Waals surface area (Å²) in [5.74, 6) is 2.94. The first-order chi connectivity index (χ1) is 12.1. The van der Waals surface area contributed by atoms with Gasteiger partial charge < -0.3 is 30.0 Å². The second-order valence-corrected chi connectivity index (χ2v) is 5.07. The second kappa shape index (κ2) is 10.6. The van der Waals surface area contributed by atoms with Crippen molar-refractivity contribution in [2.45, 2.75) is 6.54 Å². The number of halogens is 1. The molecule has 2 aromatic carbocycles. The number of ether oxygens (including phenoxy) is 4. The van der Waals surface area contributed by atoms with Crippen molar-refractivity contribution in [2.24, 2.45) is 10.7 Å². The van der Waals surface area contributed by atoms with Crippen molar-refractivity contribution in [3.8, 4) is 23.0 Å². The Morgan fingerprint density at radius 2 is 1.42 bits per heavy atom. The molecule has 0 saturated carbocycles. The fourth-order valence-electron chi connectivity index (χ4n) is 2.26. The van der Waals surface area contributed by atoms with Crippen LogP contribution >= 0.6 is 24.0 Å². The molecule has 0 radical (unpaired) electrons. The van der Waals surface area contributed by atoms with Crippen molar-refractivity contribution >= 4 is 35.6 Å². The molecule has 0 aliphatic rings. The number of anilines is 1. The molecule has 0 unspecified atom stereocenters. The van der Waals surface area contributed by atoms with Crippen LogP contribution in [0.25, 0.3) is 0 Å². The number of methoxy groups -OCH3 is 4. The number of hydrogen-bond donors (Lipinski definition) is 2. The van der Waals surface area contributed by atoms with E-state index in [1.807, 2.05) is 24.3 Å². The van der Waals surface area contributed by atoms with E-state index < -0.39 is 0 Å². The topological polar surface area (TPSA) is 87.3 Å². The lowest BCUT2D eigenvalue weighted by molar-refractivity contribution is 0.369. The van der Waals surface area contributed by atoms with Crippen LogP contribution < -0.4 is 30.0 Å². The van der Waals surface area contributed by atoms with E-state index in [1.165, 1.54) is 0 Å². The monoisotopic (exact) mass is 473 g/mol. The molecule has 142 valence electrons. The molecule has 0 aliphatic carbocycles. The number of hydrogen-bond acceptors (Lipinski definition) is 5. The zero-order valence-electron chi connectivity index (χ0n) is 15.2. The van der Waals surface area contributed by atoms with Gasteiger partial charge in [0.1, 0.15) is 23.0 Å². The molecule has 26 heavy (non-hydrogen) atoms. The normalized spacial score (nSPS) is 10.5. The zero-order valence-corrected chi connectivity index (χ0v) is 17.6. The van der Waals surface area contributed by atoms with Gasteiger partial charge in [-0.2, -0.15) is 0 Å². The Bertz CT molecular complexity index is 711. The summed E-state index contributed by atoms with van der Waals surface area (Å²) in [6, 6.07) is 10.9. The number of guanidine groups is 1. The first-order valence-corrected chi connectivity index (χ1v) is 7.61. The Morgan fingerprint density at radius 1 is 0.885 bits per heavy atom. The molecule has 0 spiro atoms. The van der Waals surface area contributed by atoms with Gasteiger partial charge in [0.2, 0.25) is 0 Å². The smallest absolute Gasteiger partial charge is 0.193 e. The van der Waals surface area contributed by atoms with E-state index in [0.717, 1.165) is 17.0 Å². The van der Waals surface area contributed by atoms with Gasteiger partial charge in [-0.3, -0.25) is 0 Å². The van der Waals surface area contributed by atoms with E-state index in [2.05, 4.69) is 10.3 Å². The van der Waals surface area contributed by atoms with E-state index in [4.69, 9.17) is 24.7 Å². The first-order valence-electron chi connectivity index (χ1n) is 7.61. The van der Waals surface area contributed by atoms with Gasteiger partial charge >= 0.3 is 0 Å². The van der Waals surface area contributed by atoms with Crippen molar-refractivity contribution in [3.05, 3.63) is 42.0 Å². The first kappa shape index (κ1) is 21.7. The highest BCUT2D eigenvalue weighted by atomic mass is 127. The summed E-state index contributed by atoms with van der Waals surface area (Å²) in [5.41, 5.74) is 7.56. The molecule has 0 amide bonds. The van der Waals surface area contributed by atoms with Gasteiger partial charge in [-0.15, -0.1) is 24.0 Å². The molecular weight excluding hydrogens is 449 g/mol. The predicted molar refractivity (Wildman–Crippen MR) is 113 cm³/mol. The molecule has 3 N–H and O–H groups in total. The zero-order chi connectivity index (χ0) is 18.2. The minimum absolute atomic E-state index is 0. The van der Waals surface area contributed by atoms with Crippen molar-refractivity contribution in [3.63, 3.8) is 0 Å². The fourth-order valence-corrected chi connectivity index (χ4v) is 2.26. The molecule has 0 bridgehead atoms. The van der Waals surface area contributed by atoms with E-state index in [9.17, 15) is 0 Å². The number of nitrogens with zero attached hydrogens (tertiary/aromatic N) is 1. The van der Waals surface area contributed by atoms with Gasteiger partial charge in [-0.05, 0) is 24.3 Å². The molecule has 0 aromatic heterocycles.